The third-order valence-corrected chi connectivity index (χ3v) is 2.00. The van der Waals surface area contributed by atoms with Crippen molar-refractivity contribution in [1.29, 1.82) is 0 Å². The van der Waals surface area contributed by atoms with Gasteiger partial charge in [-0.3, -0.25) is 4.79 Å². The van der Waals surface area contributed by atoms with E-state index in [0.717, 1.165) is 12.8 Å². The van der Waals surface area contributed by atoms with Crippen LogP contribution in [0.4, 0.5) is 0 Å². The van der Waals surface area contributed by atoms with Gasteiger partial charge in [-0.05, 0) is 19.3 Å². The number of ketones is 1. The van der Waals surface area contributed by atoms with Crippen molar-refractivity contribution < 1.29 is 4.79 Å². The molecule has 2 heteroatoms. The second-order valence-corrected chi connectivity index (χ2v) is 4.19. The lowest BCUT2D eigenvalue weighted by Crippen LogP contribution is -2.45. The van der Waals surface area contributed by atoms with E-state index in [4.69, 9.17) is 5.73 Å². The lowest BCUT2D eigenvalue weighted by atomic mass is 9.88. The van der Waals surface area contributed by atoms with Crippen molar-refractivity contribution in [3.63, 3.8) is 0 Å². The highest BCUT2D eigenvalue weighted by atomic mass is 16.1. The van der Waals surface area contributed by atoms with Crippen LogP contribution in [-0.2, 0) is 4.79 Å². The molecule has 0 aliphatic rings. The van der Waals surface area contributed by atoms with Crippen LogP contribution in [0, 0.1) is 5.92 Å². The van der Waals surface area contributed by atoms with Crippen LogP contribution < -0.4 is 5.73 Å². The van der Waals surface area contributed by atoms with Crippen LogP contribution in [0.25, 0.3) is 0 Å². The summed E-state index contributed by atoms with van der Waals surface area (Å²) in [6, 6.07) is 0. The Labute approximate surface area is 75.5 Å². The Morgan fingerprint density at radius 3 is 2.33 bits per heavy atom. The molecule has 0 heterocycles. The van der Waals surface area contributed by atoms with Gasteiger partial charge in [-0.25, -0.2) is 0 Å². The maximum Gasteiger partial charge on any atom is 0.152 e. The van der Waals surface area contributed by atoms with Crippen molar-refractivity contribution in [1.82, 2.24) is 0 Å². The molecule has 0 saturated heterocycles. The molecule has 1 atom stereocenters. The van der Waals surface area contributed by atoms with E-state index in [1.165, 1.54) is 0 Å². The van der Waals surface area contributed by atoms with E-state index in [1.54, 1.807) is 0 Å². The first-order valence-corrected chi connectivity index (χ1v) is 4.72. The predicted molar refractivity (Wildman–Crippen MR) is 52.0 cm³/mol. The molecule has 0 aromatic carbocycles. The minimum atomic E-state index is -0.598. The Morgan fingerprint density at radius 1 is 1.50 bits per heavy atom. The standard InChI is InChI=1S/C10H21NO/c1-5-6-10(4,11)9(12)7-8(2)3/h8H,5-7,11H2,1-4H3. The molecule has 0 saturated carbocycles. The van der Waals surface area contributed by atoms with Crippen LogP contribution in [0.15, 0.2) is 0 Å². The van der Waals surface area contributed by atoms with Crippen LogP contribution in [0.1, 0.15) is 47.0 Å². The summed E-state index contributed by atoms with van der Waals surface area (Å²) in [5.41, 5.74) is 5.27. The average molecular weight is 171 g/mol. The van der Waals surface area contributed by atoms with Crippen LogP contribution >= 0.6 is 0 Å². The van der Waals surface area contributed by atoms with Crippen molar-refractivity contribution in [3.8, 4) is 0 Å². The first-order valence-electron chi connectivity index (χ1n) is 4.72. The molecule has 0 aliphatic heterocycles. The van der Waals surface area contributed by atoms with E-state index >= 15 is 0 Å². The van der Waals surface area contributed by atoms with Gasteiger partial charge in [-0.1, -0.05) is 27.2 Å². The topological polar surface area (TPSA) is 43.1 Å². The zero-order valence-corrected chi connectivity index (χ0v) is 8.68. The molecular formula is C10H21NO. The minimum Gasteiger partial charge on any atom is -0.319 e. The molecule has 0 aliphatic carbocycles. The van der Waals surface area contributed by atoms with Gasteiger partial charge in [0.15, 0.2) is 5.78 Å². The van der Waals surface area contributed by atoms with Gasteiger partial charge in [0.2, 0.25) is 0 Å². The molecule has 0 aromatic heterocycles. The zero-order valence-electron chi connectivity index (χ0n) is 8.68. The number of hydrogen-bond acceptors (Lipinski definition) is 2. The van der Waals surface area contributed by atoms with Crippen molar-refractivity contribution >= 4 is 5.78 Å². The van der Waals surface area contributed by atoms with E-state index in [1.807, 2.05) is 27.7 Å². The smallest absolute Gasteiger partial charge is 0.152 e. The SMILES string of the molecule is CCCC(C)(N)C(=O)CC(C)C. The Kier molecular flexibility index (Phi) is 4.46. The number of hydrogen-bond donors (Lipinski definition) is 1. The summed E-state index contributed by atoms with van der Waals surface area (Å²) in [5.74, 6) is 0.608. The third-order valence-electron chi connectivity index (χ3n) is 2.00. The summed E-state index contributed by atoms with van der Waals surface area (Å²) in [6.07, 6.45) is 2.36. The molecular weight excluding hydrogens is 150 g/mol. The summed E-state index contributed by atoms with van der Waals surface area (Å²) < 4.78 is 0. The number of Topliss-reactive ketones (excluding diaryl/α,β-unsaturated/α-hetero) is 1. The summed E-state index contributed by atoms with van der Waals surface area (Å²) in [7, 11) is 0. The molecule has 12 heavy (non-hydrogen) atoms. The summed E-state index contributed by atoms with van der Waals surface area (Å²) in [6.45, 7) is 7.97. The van der Waals surface area contributed by atoms with E-state index in [0.29, 0.717) is 12.3 Å². The molecule has 72 valence electrons. The second-order valence-electron chi connectivity index (χ2n) is 4.19. The van der Waals surface area contributed by atoms with E-state index in [9.17, 15) is 4.79 Å². The average Bonchev–Trinajstić information content (AvgIpc) is 1.85. The first-order chi connectivity index (χ1) is 5.40. The Hall–Kier alpha value is -0.370. The monoisotopic (exact) mass is 171 g/mol. The molecule has 0 aromatic rings. The molecule has 2 nitrogen and oxygen atoms in total. The lowest BCUT2D eigenvalue weighted by Gasteiger charge is -2.23. The normalized spacial score (nSPS) is 16.2. The molecule has 2 N–H and O–H groups in total. The number of nitrogens with two attached hydrogens (primary N) is 1. The fraction of sp³-hybridized carbons (Fsp3) is 0.900. The van der Waals surface area contributed by atoms with Crippen LogP contribution in [0.2, 0.25) is 0 Å². The van der Waals surface area contributed by atoms with Gasteiger partial charge in [0.1, 0.15) is 0 Å². The highest BCUT2D eigenvalue weighted by molar-refractivity contribution is 5.87. The lowest BCUT2D eigenvalue weighted by molar-refractivity contribution is -0.124. The minimum absolute atomic E-state index is 0.194. The number of carbonyl (C=O) groups excluding carboxylic acids is 1. The van der Waals surface area contributed by atoms with Gasteiger partial charge in [0.05, 0.1) is 5.54 Å². The molecule has 1 unspecified atom stereocenters. The fourth-order valence-electron chi connectivity index (χ4n) is 1.26. The molecule has 0 rings (SSSR count). The van der Waals surface area contributed by atoms with Crippen molar-refractivity contribution in [3.05, 3.63) is 0 Å². The van der Waals surface area contributed by atoms with Gasteiger partial charge >= 0.3 is 0 Å². The quantitative estimate of drug-likeness (QED) is 0.688. The summed E-state index contributed by atoms with van der Waals surface area (Å²) in [5, 5.41) is 0. The summed E-state index contributed by atoms with van der Waals surface area (Å²) in [4.78, 5) is 11.5. The highest BCUT2D eigenvalue weighted by Crippen LogP contribution is 2.14. The van der Waals surface area contributed by atoms with Gasteiger partial charge in [-0.15, -0.1) is 0 Å². The second kappa shape index (κ2) is 4.61. The largest absolute Gasteiger partial charge is 0.319 e. The summed E-state index contributed by atoms with van der Waals surface area (Å²) >= 11 is 0. The first kappa shape index (κ1) is 11.6. The maximum absolute atomic E-state index is 11.5. The van der Waals surface area contributed by atoms with Crippen molar-refractivity contribution in [2.75, 3.05) is 0 Å². The van der Waals surface area contributed by atoms with E-state index in [-0.39, 0.29) is 5.78 Å². The Bertz CT molecular complexity index is 150. The van der Waals surface area contributed by atoms with E-state index < -0.39 is 5.54 Å². The predicted octanol–water partition coefficient (Wildman–Crippen LogP) is 2.12. The van der Waals surface area contributed by atoms with Gasteiger partial charge in [0.25, 0.3) is 0 Å². The van der Waals surface area contributed by atoms with Crippen LogP contribution in [-0.4, -0.2) is 11.3 Å². The number of carbonyl (C=O) groups is 1. The molecule has 0 amide bonds. The van der Waals surface area contributed by atoms with Crippen molar-refractivity contribution in [2.24, 2.45) is 11.7 Å². The molecule has 0 bridgehead atoms. The maximum atomic E-state index is 11.5. The Morgan fingerprint density at radius 2 is 2.00 bits per heavy atom. The molecule has 0 fully saturated rings. The highest BCUT2D eigenvalue weighted by Gasteiger charge is 2.26. The fourth-order valence-corrected chi connectivity index (χ4v) is 1.26. The van der Waals surface area contributed by atoms with Gasteiger partial charge in [-0.2, -0.15) is 0 Å². The zero-order chi connectivity index (χ0) is 9.78. The molecule has 0 spiro atoms. The van der Waals surface area contributed by atoms with Crippen LogP contribution in [0.5, 0.6) is 0 Å². The van der Waals surface area contributed by atoms with Gasteiger partial charge in [0, 0.05) is 6.42 Å². The van der Waals surface area contributed by atoms with Crippen LogP contribution in [0.3, 0.4) is 0 Å². The third kappa shape index (κ3) is 3.86. The van der Waals surface area contributed by atoms with Gasteiger partial charge < -0.3 is 5.73 Å². The molecule has 0 radical (unpaired) electrons. The Balaban J connectivity index is 4.06. The number of rotatable bonds is 5. The van der Waals surface area contributed by atoms with E-state index in [2.05, 4.69) is 0 Å². The van der Waals surface area contributed by atoms with Crippen molar-refractivity contribution in [2.45, 2.75) is 52.5 Å².